The van der Waals surface area contributed by atoms with Gasteiger partial charge in [0, 0.05) is 24.6 Å². The molecule has 2 heterocycles. The third-order valence-corrected chi connectivity index (χ3v) is 4.06. The fourth-order valence-corrected chi connectivity index (χ4v) is 2.01. The first-order valence-electron chi connectivity index (χ1n) is 5.25. The predicted octanol–water partition coefficient (Wildman–Crippen LogP) is 3.25. The maximum Gasteiger partial charge on any atom is 0.162 e. The van der Waals surface area contributed by atoms with Crippen molar-refractivity contribution < 1.29 is 4.74 Å². The number of nitrogens with zero attached hydrogens (tertiary/aromatic N) is 3. The van der Waals surface area contributed by atoms with E-state index in [4.69, 9.17) is 16.3 Å². The average Bonchev–Trinajstić information content (AvgIpc) is 2.36. The van der Waals surface area contributed by atoms with Crippen molar-refractivity contribution in [2.45, 2.75) is 13.5 Å². The standard InChI is InChI=1S/C12H11ClIN3O/c1-7-3-4-8(5-15-7)12-16-9(6-18-2)10(14)11(13)17-12/h3-5H,6H2,1-2H3. The molecule has 0 atom stereocenters. The van der Waals surface area contributed by atoms with Gasteiger partial charge in [-0.15, -0.1) is 0 Å². The van der Waals surface area contributed by atoms with E-state index >= 15 is 0 Å². The normalized spacial score (nSPS) is 10.7. The zero-order valence-electron chi connectivity index (χ0n) is 9.94. The molecule has 2 rings (SSSR count). The summed E-state index contributed by atoms with van der Waals surface area (Å²) in [5, 5.41) is 0.438. The number of aryl methyl sites for hydroxylation is 1. The minimum Gasteiger partial charge on any atom is -0.378 e. The van der Waals surface area contributed by atoms with E-state index in [2.05, 4.69) is 37.5 Å². The first kappa shape index (κ1) is 13.6. The lowest BCUT2D eigenvalue weighted by Crippen LogP contribution is -2.02. The number of hydrogen-bond donors (Lipinski definition) is 0. The summed E-state index contributed by atoms with van der Waals surface area (Å²) in [4.78, 5) is 12.9. The van der Waals surface area contributed by atoms with Gasteiger partial charge >= 0.3 is 0 Å². The summed E-state index contributed by atoms with van der Waals surface area (Å²) in [7, 11) is 1.62. The van der Waals surface area contributed by atoms with Gasteiger partial charge in [-0.3, -0.25) is 4.98 Å². The summed E-state index contributed by atoms with van der Waals surface area (Å²) < 4.78 is 5.92. The molecule has 2 aromatic rings. The molecule has 0 saturated heterocycles. The van der Waals surface area contributed by atoms with Gasteiger partial charge in [0.25, 0.3) is 0 Å². The monoisotopic (exact) mass is 375 g/mol. The van der Waals surface area contributed by atoms with Crippen molar-refractivity contribution in [3.8, 4) is 11.4 Å². The number of methoxy groups -OCH3 is 1. The maximum atomic E-state index is 6.10. The molecular formula is C12H11ClIN3O. The largest absolute Gasteiger partial charge is 0.378 e. The van der Waals surface area contributed by atoms with Crippen LogP contribution >= 0.6 is 34.2 Å². The summed E-state index contributed by atoms with van der Waals surface area (Å²) in [5.74, 6) is 0.569. The van der Waals surface area contributed by atoms with Gasteiger partial charge in [-0.05, 0) is 41.6 Å². The van der Waals surface area contributed by atoms with Crippen LogP contribution in [0, 0.1) is 10.5 Å². The molecule has 0 N–H and O–H groups in total. The molecule has 0 fully saturated rings. The van der Waals surface area contributed by atoms with E-state index in [-0.39, 0.29) is 0 Å². The maximum absolute atomic E-state index is 6.10. The fraction of sp³-hybridized carbons (Fsp3) is 0.250. The van der Waals surface area contributed by atoms with Gasteiger partial charge in [0.1, 0.15) is 5.15 Å². The third kappa shape index (κ3) is 2.96. The molecule has 0 bridgehead atoms. The lowest BCUT2D eigenvalue weighted by molar-refractivity contribution is 0.181. The highest BCUT2D eigenvalue weighted by Gasteiger charge is 2.12. The second-order valence-electron chi connectivity index (χ2n) is 3.72. The molecular weight excluding hydrogens is 365 g/mol. The van der Waals surface area contributed by atoms with Gasteiger partial charge in [0.2, 0.25) is 0 Å². The van der Waals surface area contributed by atoms with Crippen LogP contribution in [0.2, 0.25) is 5.15 Å². The molecule has 0 aromatic carbocycles. The zero-order chi connectivity index (χ0) is 13.1. The molecule has 0 spiro atoms. The smallest absolute Gasteiger partial charge is 0.162 e. The van der Waals surface area contributed by atoms with Crippen LogP contribution in [0.3, 0.4) is 0 Å². The summed E-state index contributed by atoms with van der Waals surface area (Å²) in [6.07, 6.45) is 1.74. The second-order valence-corrected chi connectivity index (χ2v) is 5.16. The Balaban J connectivity index is 2.48. The zero-order valence-corrected chi connectivity index (χ0v) is 12.9. The number of rotatable bonds is 3. The van der Waals surface area contributed by atoms with Crippen molar-refractivity contribution >= 4 is 34.2 Å². The van der Waals surface area contributed by atoms with Gasteiger partial charge in [-0.25, -0.2) is 9.97 Å². The average molecular weight is 376 g/mol. The van der Waals surface area contributed by atoms with E-state index in [0.29, 0.717) is 17.6 Å². The van der Waals surface area contributed by atoms with Gasteiger partial charge < -0.3 is 4.74 Å². The molecule has 94 valence electrons. The van der Waals surface area contributed by atoms with Crippen LogP contribution in [0.1, 0.15) is 11.4 Å². The van der Waals surface area contributed by atoms with E-state index in [0.717, 1.165) is 20.5 Å². The Morgan fingerprint density at radius 1 is 1.33 bits per heavy atom. The molecule has 0 saturated carbocycles. The van der Waals surface area contributed by atoms with Crippen LogP contribution in [-0.2, 0) is 11.3 Å². The molecule has 0 aliphatic carbocycles. The predicted molar refractivity (Wildman–Crippen MR) is 78.4 cm³/mol. The van der Waals surface area contributed by atoms with E-state index in [1.165, 1.54) is 0 Å². The van der Waals surface area contributed by atoms with E-state index in [1.54, 1.807) is 13.3 Å². The van der Waals surface area contributed by atoms with Crippen LogP contribution < -0.4 is 0 Å². The second kappa shape index (κ2) is 5.90. The highest BCUT2D eigenvalue weighted by molar-refractivity contribution is 14.1. The quantitative estimate of drug-likeness (QED) is 0.610. The van der Waals surface area contributed by atoms with E-state index in [1.807, 2.05) is 19.1 Å². The van der Waals surface area contributed by atoms with Crippen molar-refractivity contribution in [1.82, 2.24) is 15.0 Å². The number of halogens is 2. The van der Waals surface area contributed by atoms with Crippen LogP contribution in [0.4, 0.5) is 0 Å². The van der Waals surface area contributed by atoms with Crippen molar-refractivity contribution in [2.75, 3.05) is 7.11 Å². The minimum atomic E-state index is 0.410. The molecule has 18 heavy (non-hydrogen) atoms. The van der Waals surface area contributed by atoms with Gasteiger partial charge in [0.05, 0.1) is 15.9 Å². The molecule has 0 unspecified atom stereocenters. The van der Waals surface area contributed by atoms with Crippen molar-refractivity contribution in [3.63, 3.8) is 0 Å². The summed E-state index contributed by atoms with van der Waals surface area (Å²) in [6.45, 7) is 2.34. The van der Waals surface area contributed by atoms with Gasteiger partial charge in [-0.1, -0.05) is 11.6 Å². The van der Waals surface area contributed by atoms with E-state index < -0.39 is 0 Å². The minimum absolute atomic E-state index is 0.410. The molecule has 4 nitrogen and oxygen atoms in total. The van der Waals surface area contributed by atoms with Crippen LogP contribution in [-0.4, -0.2) is 22.1 Å². The Kier molecular flexibility index (Phi) is 4.47. The highest BCUT2D eigenvalue weighted by atomic mass is 127. The fourth-order valence-electron chi connectivity index (χ4n) is 1.42. The summed E-state index contributed by atoms with van der Waals surface area (Å²) in [6, 6.07) is 3.85. The highest BCUT2D eigenvalue weighted by Crippen LogP contribution is 2.24. The molecule has 0 amide bonds. The van der Waals surface area contributed by atoms with Gasteiger partial charge in [-0.2, -0.15) is 0 Å². The number of aromatic nitrogens is 3. The Morgan fingerprint density at radius 3 is 2.72 bits per heavy atom. The van der Waals surface area contributed by atoms with Crippen LogP contribution in [0.15, 0.2) is 18.3 Å². The van der Waals surface area contributed by atoms with Crippen LogP contribution in [0.5, 0.6) is 0 Å². The first-order valence-corrected chi connectivity index (χ1v) is 6.71. The van der Waals surface area contributed by atoms with Crippen molar-refractivity contribution in [2.24, 2.45) is 0 Å². The number of hydrogen-bond acceptors (Lipinski definition) is 4. The summed E-state index contributed by atoms with van der Waals surface area (Å²) >= 11 is 8.22. The molecule has 0 aliphatic rings. The van der Waals surface area contributed by atoms with E-state index in [9.17, 15) is 0 Å². The summed E-state index contributed by atoms with van der Waals surface area (Å²) in [5.41, 5.74) is 2.58. The van der Waals surface area contributed by atoms with Crippen molar-refractivity contribution in [3.05, 3.63) is 38.4 Å². The SMILES string of the molecule is COCc1nc(-c2ccc(C)nc2)nc(Cl)c1I. The Hall–Kier alpha value is -0.790. The third-order valence-electron chi connectivity index (χ3n) is 2.33. The Labute approximate surface area is 124 Å². The first-order chi connectivity index (χ1) is 8.61. The molecule has 6 heteroatoms. The Morgan fingerprint density at radius 2 is 2.11 bits per heavy atom. The van der Waals surface area contributed by atoms with Gasteiger partial charge in [0.15, 0.2) is 5.82 Å². The van der Waals surface area contributed by atoms with Crippen LogP contribution in [0.25, 0.3) is 11.4 Å². The lowest BCUT2D eigenvalue weighted by atomic mass is 10.2. The molecule has 0 radical (unpaired) electrons. The molecule has 2 aromatic heterocycles. The number of pyridine rings is 1. The topological polar surface area (TPSA) is 47.9 Å². The van der Waals surface area contributed by atoms with Crippen molar-refractivity contribution in [1.29, 1.82) is 0 Å². The number of ether oxygens (including phenoxy) is 1. The lowest BCUT2D eigenvalue weighted by Gasteiger charge is -2.07. The molecule has 0 aliphatic heterocycles. The Bertz CT molecular complexity index is 560.